The predicted molar refractivity (Wildman–Crippen MR) is 67.7 cm³/mol. The van der Waals surface area contributed by atoms with Gasteiger partial charge in [-0.25, -0.2) is 0 Å². The van der Waals surface area contributed by atoms with Crippen molar-refractivity contribution in [2.45, 2.75) is 12.8 Å². The molecule has 2 nitrogen and oxygen atoms in total. The second-order valence-electron chi connectivity index (χ2n) is 3.74. The fourth-order valence-corrected chi connectivity index (χ4v) is 2.30. The number of benzene rings is 2. The maximum Gasteiger partial charge on any atom is 0.310 e. The minimum absolute atomic E-state index is 0.488. The van der Waals surface area contributed by atoms with Crippen molar-refractivity contribution in [3.05, 3.63) is 46.4 Å². The molecular formula is C13H11BrO2. The predicted octanol–water partition coefficient (Wildman–Crippen LogP) is 3.79. The van der Waals surface area contributed by atoms with Crippen LogP contribution in [0.4, 0.5) is 0 Å². The van der Waals surface area contributed by atoms with E-state index in [9.17, 15) is 4.79 Å². The molecule has 1 atom stereocenters. The zero-order valence-corrected chi connectivity index (χ0v) is 10.4. The summed E-state index contributed by atoms with van der Waals surface area (Å²) in [5.74, 6) is -1.29. The largest absolute Gasteiger partial charge is 0.481 e. The van der Waals surface area contributed by atoms with Crippen LogP contribution in [0.25, 0.3) is 10.8 Å². The lowest BCUT2D eigenvalue weighted by Gasteiger charge is -2.11. The molecule has 1 N–H and O–H groups in total. The summed E-state index contributed by atoms with van der Waals surface area (Å²) in [6.07, 6.45) is 0. The maximum atomic E-state index is 11.0. The highest BCUT2D eigenvalue weighted by atomic mass is 79.9. The van der Waals surface area contributed by atoms with Crippen LogP contribution in [0.15, 0.2) is 40.9 Å². The molecule has 0 aliphatic heterocycles. The Morgan fingerprint density at radius 1 is 1.19 bits per heavy atom. The van der Waals surface area contributed by atoms with Crippen molar-refractivity contribution in [3.8, 4) is 0 Å². The van der Waals surface area contributed by atoms with Gasteiger partial charge in [-0.2, -0.15) is 0 Å². The number of carboxylic acids is 1. The third kappa shape index (κ3) is 1.83. The fourth-order valence-electron chi connectivity index (χ4n) is 1.81. The number of carboxylic acid groups (broad SMARTS) is 1. The Hall–Kier alpha value is -1.35. The Labute approximate surface area is 102 Å². The summed E-state index contributed by atoms with van der Waals surface area (Å²) in [6.45, 7) is 1.71. The zero-order valence-electron chi connectivity index (χ0n) is 8.77. The van der Waals surface area contributed by atoms with E-state index in [0.29, 0.717) is 0 Å². The van der Waals surface area contributed by atoms with E-state index < -0.39 is 11.9 Å². The summed E-state index contributed by atoms with van der Waals surface area (Å²) in [4.78, 5) is 11.0. The monoisotopic (exact) mass is 278 g/mol. The molecule has 0 saturated heterocycles. The fraction of sp³-hybridized carbons (Fsp3) is 0.154. The molecule has 0 bridgehead atoms. The number of rotatable bonds is 2. The Morgan fingerprint density at radius 3 is 2.50 bits per heavy atom. The van der Waals surface area contributed by atoms with E-state index in [1.165, 1.54) is 0 Å². The summed E-state index contributed by atoms with van der Waals surface area (Å²) in [7, 11) is 0. The van der Waals surface area contributed by atoms with E-state index in [2.05, 4.69) is 15.9 Å². The maximum absolute atomic E-state index is 11.0. The summed E-state index contributed by atoms with van der Waals surface area (Å²) in [5, 5.41) is 11.1. The average Bonchev–Trinajstić information content (AvgIpc) is 2.28. The molecule has 0 fully saturated rings. The Kier molecular flexibility index (Phi) is 2.97. The minimum atomic E-state index is -0.799. The molecule has 0 heterocycles. The van der Waals surface area contributed by atoms with Crippen LogP contribution < -0.4 is 0 Å². The minimum Gasteiger partial charge on any atom is -0.481 e. The van der Waals surface area contributed by atoms with E-state index >= 15 is 0 Å². The molecule has 0 spiro atoms. The number of halogens is 1. The highest BCUT2D eigenvalue weighted by Gasteiger charge is 2.16. The van der Waals surface area contributed by atoms with Gasteiger partial charge in [-0.15, -0.1) is 0 Å². The van der Waals surface area contributed by atoms with Crippen LogP contribution in [-0.2, 0) is 4.79 Å². The van der Waals surface area contributed by atoms with Crippen LogP contribution >= 0.6 is 15.9 Å². The summed E-state index contributed by atoms with van der Waals surface area (Å²) >= 11 is 3.47. The van der Waals surface area contributed by atoms with Gasteiger partial charge in [0.05, 0.1) is 5.92 Å². The molecule has 2 rings (SSSR count). The molecule has 2 aromatic carbocycles. The quantitative estimate of drug-likeness (QED) is 0.908. The van der Waals surface area contributed by atoms with Gasteiger partial charge in [0.2, 0.25) is 0 Å². The molecule has 82 valence electrons. The van der Waals surface area contributed by atoms with Crippen molar-refractivity contribution in [2.75, 3.05) is 0 Å². The Bertz CT molecular complexity index is 549. The average molecular weight is 279 g/mol. The molecule has 3 heteroatoms. The second-order valence-corrected chi connectivity index (χ2v) is 4.60. The van der Waals surface area contributed by atoms with Gasteiger partial charge in [-0.1, -0.05) is 46.3 Å². The molecule has 16 heavy (non-hydrogen) atoms. The van der Waals surface area contributed by atoms with Crippen molar-refractivity contribution in [3.63, 3.8) is 0 Å². The first-order valence-electron chi connectivity index (χ1n) is 5.01. The van der Waals surface area contributed by atoms with Crippen LogP contribution in [0, 0.1) is 0 Å². The third-order valence-electron chi connectivity index (χ3n) is 2.74. The summed E-state index contributed by atoms with van der Waals surface area (Å²) in [6, 6.07) is 11.6. The van der Waals surface area contributed by atoms with Crippen LogP contribution in [0.1, 0.15) is 18.4 Å². The topological polar surface area (TPSA) is 37.3 Å². The van der Waals surface area contributed by atoms with Gasteiger partial charge in [-0.3, -0.25) is 4.79 Å². The van der Waals surface area contributed by atoms with E-state index in [1.807, 2.05) is 36.4 Å². The number of fused-ring (bicyclic) bond motifs is 1. The lowest BCUT2D eigenvalue weighted by molar-refractivity contribution is -0.138. The van der Waals surface area contributed by atoms with E-state index in [-0.39, 0.29) is 0 Å². The molecular weight excluding hydrogens is 268 g/mol. The molecule has 0 aliphatic carbocycles. The van der Waals surface area contributed by atoms with Gasteiger partial charge >= 0.3 is 5.97 Å². The number of hydrogen-bond acceptors (Lipinski definition) is 1. The van der Waals surface area contributed by atoms with Crippen molar-refractivity contribution < 1.29 is 9.90 Å². The SMILES string of the molecule is CC(C(=O)O)c1cccc2c(Br)cccc12. The standard InChI is InChI=1S/C13H11BrO2/c1-8(13(15)16)9-4-2-6-11-10(9)5-3-7-12(11)14/h2-8H,1H3,(H,15,16). The van der Waals surface area contributed by atoms with Gasteiger partial charge < -0.3 is 5.11 Å². The molecule has 0 amide bonds. The molecule has 2 aromatic rings. The van der Waals surface area contributed by atoms with Crippen molar-refractivity contribution >= 4 is 32.7 Å². The van der Waals surface area contributed by atoms with Crippen molar-refractivity contribution in [2.24, 2.45) is 0 Å². The number of hydrogen-bond donors (Lipinski definition) is 1. The zero-order chi connectivity index (χ0) is 11.7. The molecule has 0 aliphatic rings. The van der Waals surface area contributed by atoms with Crippen LogP contribution in [0.5, 0.6) is 0 Å². The first-order valence-corrected chi connectivity index (χ1v) is 5.80. The smallest absolute Gasteiger partial charge is 0.310 e. The first kappa shape index (κ1) is 11.1. The number of aliphatic carboxylic acids is 1. The summed E-state index contributed by atoms with van der Waals surface area (Å²) < 4.78 is 0.990. The third-order valence-corrected chi connectivity index (χ3v) is 3.43. The Balaban J connectivity index is 2.72. The van der Waals surface area contributed by atoms with Gasteiger partial charge in [0.25, 0.3) is 0 Å². The highest BCUT2D eigenvalue weighted by Crippen LogP contribution is 2.30. The van der Waals surface area contributed by atoms with Crippen molar-refractivity contribution in [1.82, 2.24) is 0 Å². The second kappa shape index (κ2) is 4.26. The van der Waals surface area contributed by atoms with E-state index in [0.717, 1.165) is 20.8 Å². The number of carbonyl (C=O) groups is 1. The van der Waals surface area contributed by atoms with E-state index in [1.54, 1.807) is 6.92 Å². The lowest BCUT2D eigenvalue weighted by atomic mass is 9.95. The van der Waals surface area contributed by atoms with Gasteiger partial charge in [0, 0.05) is 4.47 Å². The molecule has 0 radical (unpaired) electrons. The van der Waals surface area contributed by atoms with Gasteiger partial charge in [0.1, 0.15) is 0 Å². The van der Waals surface area contributed by atoms with E-state index in [4.69, 9.17) is 5.11 Å². The molecule has 0 saturated carbocycles. The Morgan fingerprint density at radius 2 is 1.81 bits per heavy atom. The van der Waals surface area contributed by atoms with Crippen molar-refractivity contribution in [1.29, 1.82) is 0 Å². The van der Waals surface area contributed by atoms with Crippen LogP contribution in [-0.4, -0.2) is 11.1 Å². The summed E-state index contributed by atoms with van der Waals surface area (Å²) in [5.41, 5.74) is 0.853. The first-order chi connectivity index (χ1) is 7.61. The van der Waals surface area contributed by atoms with Gasteiger partial charge in [0.15, 0.2) is 0 Å². The normalized spacial score (nSPS) is 12.6. The molecule has 1 unspecified atom stereocenters. The lowest BCUT2D eigenvalue weighted by Crippen LogP contribution is -2.07. The van der Waals surface area contributed by atoms with Crippen LogP contribution in [0.3, 0.4) is 0 Å². The van der Waals surface area contributed by atoms with Crippen LogP contribution in [0.2, 0.25) is 0 Å². The van der Waals surface area contributed by atoms with Gasteiger partial charge in [-0.05, 0) is 29.3 Å². The highest BCUT2D eigenvalue weighted by molar-refractivity contribution is 9.10. The molecule has 0 aromatic heterocycles.